The molecule has 3 nitrogen and oxygen atoms in total. The minimum Gasteiger partial charge on any atom is -0.481 e. The molecule has 16 heavy (non-hydrogen) atoms. The number of carboxylic acids is 1. The summed E-state index contributed by atoms with van der Waals surface area (Å²) in [4.78, 5) is 13.0. The second-order valence-electron chi connectivity index (χ2n) is 4.51. The van der Waals surface area contributed by atoms with Crippen LogP contribution in [0.1, 0.15) is 13.3 Å². The number of nitrogens with zero attached hydrogens (tertiary/aromatic N) is 1. The zero-order valence-electron chi connectivity index (χ0n) is 9.11. The Morgan fingerprint density at radius 3 is 2.56 bits per heavy atom. The van der Waals surface area contributed by atoms with Crippen molar-refractivity contribution in [3.8, 4) is 0 Å². The molecule has 0 amide bonds. The van der Waals surface area contributed by atoms with E-state index >= 15 is 0 Å². The lowest BCUT2D eigenvalue weighted by Crippen LogP contribution is -2.31. The highest BCUT2D eigenvalue weighted by atomic mass is 19.1. The molecule has 0 bridgehead atoms. The SMILES string of the molecule is CC1(C(=O)O)CCN(c2ccc(F)cc2)C1. The number of hydrogen-bond acceptors (Lipinski definition) is 2. The Morgan fingerprint density at radius 1 is 1.44 bits per heavy atom. The van der Waals surface area contributed by atoms with Crippen LogP contribution in [-0.4, -0.2) is 24.2 Å². The molecule has 1 aromatic rings. The lowest BCUT2D eigenvalue weighted by Gasteiger charge is -2.21. The third-order valence-electron chi connectivity index (χ3n) is 3.18. The highest BCUT2D eigenvalue weighted by Crippen LogP contribution is 2.33. The summed E-state index contributed by atoms with van der Waals surface area (Å²) in [5.74, 6) is -1.04. The summed E-state index contributed by atoms with van der Waals surface area (Å²) in [5.41, 5.74) is 0.195. The van der Waals surface area contributed by atoms with E-state index in [1.165, 1.54) is 12.1 Å². The molecule has 1 heterocycles. The molecule has 0 aliphatic carbocycles. The maximum Gasteiger partial charge on any atom is 0.311 e. The summed E-state index contributed by atoms with van der Waals surface area (Å²) < 4.78 is 12.7. The number of anilines is 1. The number of aliphatic carboxylic acids is 1. The van der Waals surface area contributed by atoms with Crippen molar-refractivity contribution in [1.82, 2.24) is 0 Å². The topological polar surface area (TPSA) is 40.5 Å². The summed E-state index contributed by atoms with van der Waals surface area (Å²) in [5, 5.41) is 9.09. The van der Waals surface area contributed by atoms with Crippen molar-refractivity contribution in [3.05, 3.63) is 30.1 Å². The summed E-state index contributed by atoms with van der Waals surface area (Å²) in [7, 11) is 0. The van der Waals surface area contributed by atoms with Crippen LogP contribution in [0.25, 0.3) is 0 Å². The Balaban J connectivity index is 2.15. The maximum absolute atomic E-state index is 12.7. The Hall–Kier alpha value is -1.58. The molecule has 0 radical (unpaired) electrons. The first-order chi connectivity index (χ1) is 7.51. The van der Waals surface area contributed by atoms with E-state index in [1.54, 1.807) is 19.1 Å². The molecular formula is C12H14FNO2. The van der Waals surface area contributed by atoms with Gasteiger partial charge in [-0.05, 0) is 37.6 Å². The van der Waals surface area contributed by atoms with Crippen LogP contribution in [0.3, 0.4) is 0 Å². The maximum atomic E-state index is 12.7. The Labute approximate surface area is 93.5 Å². The molecule has 1 atom stereocenters. The predicted molar refractivity (Wildman–Crippen MR) is 59.0 cm³/mol. The average molecular weight is 223 g/mol. The van der Waals surface area contributed by atoms with Gasteiger partial charge in [0.1, 0.15) is 5.82 Å². The van der Waals surface area contributed by atoms with Crippen LogP contribution in [0.15, 0.2) is 24.3 Å². The molecule has 0 aromatic heterocycles. The lowest BCUT2D eigenvalue weighted by atomic mass is 9.90. The van der Waals surface area contributed by atoms with Gasteiger partial charge >= 0.3 is 5.97 Å². The van der Waals surface area contributed by atoms with Crippen molar-refractivity contribution in [3.63, 3.8) is 0 Å². The predicted octanol–water partition coefficient (Wildman–Crippen LogP) is 2.13. The zero-order valence-corrected chi connectivity index (χ0v) is 9.11. The Morgan fingerprint density at radius 2 is 2.06 bits per heavy atom. The first-order valence-corrected chi connectivity index (χ1v) is 5.25. The van der Waals surface area contributed by atoms with Crippen LogP contribution in [0.4, 0.5) is 10.1 Å². The van der Waals surface area contributed by atoms with Gasteiger partial charge in [-0.15, -0.1) is 0 Å². The summed E-state index contributed by atoms with van der Waals surface area (Å²) in [6.07, 6.45) is 0.625. The molecule has 1 aromatic carbocycles. The third-order valence-corrected chi connectivity index (χ3v) is 3.18. The minimum absolute atomic E-state index is 0.274. The van der Waals surface area contributed by atoms with Crippen LogP contribution in [0.5, 0.6) is 0 Å². The monoisotopic (exact) mass is 223 g/mol. The fourth-order valence-electron chi connectivity index (χ4n) is 2.01. The highest BCUT2D eigenvalue weighted by Gasteiger charge is 2.40. The van der Waals surface area contributed by atoms with Gasteiger partial charge in [-0.3, -0.25) is 4.79 Å². The summed E-state index contributed by atoms with van der Waals surface area (Å²) in [6.45, 7) is 2.93. The second-order valence-corrected chi connectivity index (χ2v) is 4.51. The van der Waals surface area contributed by atoms with Gasteiger partial charge in [0.2, 0.25) is 0 Å². The van der Waals surface area contributed by atoms with Crippen molar-refractivity contribution in [1.29, 1.82) is 0 Å². The van der Waals surface area contributed by atoms with Gasteiger partial charge in [0.25, 0.3) is 0 Å². The van der Waals surface area contributed by atoms with E-state index in [4.69, 9.17) is 5.11 Å². The van der Waals surface area contributed by atoms with Crippen molar-refractivity contribution in [2.24, 2.45) is 5.41 Å². The molecular weight excluding hydrogens is 209 g/mol. The van der Waals surface area contributed by atoms with Gasteiger partial charge < -0.3 is 10.0 Å². The van der Waals surface area contributed by atoms with E-state index in [9.17, 15) is 9.18 Å². The molecule has 1 unspecified atom stereocenters. The standard InChI is InChI=1S/C12H14FNO2/c1-12(11(15)16)6-7-14(8-12)10-4-2-9(13)3-5-10/h2-5H,6-8H2,1H3,(H,15,16). The van der Waals surface area contributed by atoms with Crippen molar-refractivity contribution in [2.45, 2.75) is 13.3 Å². The molecule has 4 heteroatoms. The number of carboxylic acid groups (broad SMARTS) is 1. The number of benzene rings is 1. The molecule has 2 rings (SSSR count). The van der Waals surface area contributed by atoms with Crippen LogP contribution in [0.2, 0.25) is 0 Å². The summed E-state index contributed by atoms with van der Waals surface area (Å²) >= 11 is 0. The van der Waals surface area contributed by atoms with Gasteiger partial charge in [-0.2, -0.15) is 0 Å². The molecule has 86 valence electrons. The Bertz CT molecular complexity index is 404. The van der Waals surface area contributed by atoms with Crippen molar-refractivity contribution < 1.29 is 14.3 Å². The second kappa shape index (κ2) is 3.77. The normalized spacial score (nSPS) is 24.8. The van der Waals surface area contributed by atoms with Crippen LogP contribution >= 0.6 is 0 Å². The van der Waals surface area contributed by atoms with Gasteiger partial charge in [-0.25, -0.2) is 4.39 Å². The lowest BCUT2D eigenvalue weighted by molar-refractivity contribution is -0.146. The molecule has 1 saturated heterocycles. The van der Waals surface area contributed by atoms with Crippen LogP contribution in [0, 0.1) is 11.2 Å². The molecule has 1 N–H and O–H groups in total. The van der Waals surface area contributed by atoms with Gasteiger partial charge in [0, 0.05) is 18.8 Å². The van der Waals surface area contributed by atoms with Crippen molar-refractivity contribution in [2.75, 3.05) is 18.0 Å². The fraction of sp³-hybridized carbons (Fsp3) is 0.417. The largest absolute Gasteiger partial charge is 0.481 e. The van der Waals surface area contributed by atoms with Crippen LogP contribution in [-0.2, 0) is 4.79 Å². The number of hydrogen-bond donors (Lipinski definition) is 1. The van der Waals surface area contributed by atoms with Gasteiger partial charge in [0.05, 0.1) is 5.41 Å². The smallest absolute Gasteiger partial charge is 0.311 e. The first-order valence-electron chi connectivity index (χ1n) is 5.25. The molecule has 1 fully saturated rings. The van der Waals surface area contributed by atoms with E-state index < -0.39 is 11.4 Å². The number of carbonyl (C=O) groups is 1. The molecule has 1 aliphatic heterocycles. The highest BCUT2D eigenvalue weighted by molar-refractivity contribution is 5.76. The van der Waals surface area contributed by atoms with E-state index in [-0.39, 0.29) is 5.82 Å². The zero-order chi connectivity index (χ0) is 11.8. The van der Waals surface area contributed by atoms with E-state index in [2.05, 4.69) is 0 Å². The van der Waals surface area contributed by atoms with Crippen LogP contribution < -0.4 is 4.90 Å². The minimum atomic E-state index is -0.767. The Kier molecular flexibility index (Phi) is 2.58. The van der Waals surface area contributed by atoms with E-state index in [1.807, 2.05) is 4.90 Å². The summed E-state index contributed by atoms with van der Waals surface area (Å²) in [6, 6.07) is 6.16. The third kappa shape index (κ3) is 1.87. The number of halogens is 1. The molecule has 0 spiro atoms. The molecule has 1 aliphatic rings. The van der Waals surface area contributed by atoms with E-state index in [0.717, 1.165) is 5.69 Å². The quantitative estimate of drug-likeness (QED) is 0.835. The van der Waals surface area contributed by atoms with Gasteiger partial charge in [-0.1, -0.05) is 0 Å². The van der Waals surface area contributed by atoms with Crippen molar-refractivity contribution >= 4 is 11.7 Å². The number of rotatable bonds is 2. The van der Waals surface area contributed by atoms with Gasteiger partial charge in [0.15, 0.2) is 0 Å². The van der Waals surface area contributed by atoms with E-state index in [0.29, 0.717) is 19.5 Å². The fourth-order valence-corrected chi connectivity index (χ4v) is 2.01. The average Bonchev–Trinajstić information content (AvgIpc) is 2.63. The molecule has 0 saturated carbocycles. The first kappa shape index (κ1) is 10.9.